The number of nitrogens with one attached hydrogen (secondary N) is 1. The third kappa shape index (κ3) is 2.90. The number of hydrogen-bond acceptors (Lipinski definition) is 5. The maximum absolute atomic E-state index is 12.7. The van der Waals surface area contributed by atoms with Gasteiger partial charge in [0.25, 0.3) is 5.56 Å². The minimum atomic E-state index is -0.222. The molecule has 1 amide bonds. The van der Waals surface area contributed by atoms with E-state index < -0.39 is 0 Å². The van der Waals surface area contributed by atoms with E-state index in [0.717, 1.165) is 22.3 Å². The highest BCUT2D eigenvalue weighted by Crippen LogP contribution is 2.19. The molecule has 1 aliphatic rings. The molecule has 4 heterocycles. The smallest absolute Gasteiger partial charge is 0.277 e. The Morgan fingerprint density at radius 3 is 2.80 bits per heavy atom. The predicted octanol–water partition coefficient (Wildman–Crippen LogP) is 1.69. The average Bonchev–Trinajstić information content (AvgIpc) is 3.37. The van der Waals surface area contributed by atoms with Crippen molar-refractivity contribution in [2.24, 2.45) is 0 Å². The van der Waals surface area contributed by atoms with Gasteiger partial charge >= 0.3 is 0 Å². The van der Waals surface area contributed by atoms with E-state index in [9.17, 15) is 14.4 Å². The lowest BCUT2D eigenvalue weighted by Gasteiger charge is -2.27. The first-order valence-electron chi connectivity index (χ1n) is 9.86. The monoisotopic (exact) mass is 404 g/mol. The van der Waals surface area contributed by atoms with Gasteiger partial charge in [0.1, 0.15) is 0 Å². The van der Waals surface area contributed by atoms with Gasteiger partial charge in [0.2, 0.25) is 11.8 Å². The zero-order valence-corrected chi connectivity index (χ0v) is 16.5. The molecule has 4 aromatic rings. The molecule has 0 spiro atoms. The molecule has 1 aromatic carbocycles. The van der Waals surface area contributed by atoms with Gasteiger partial charge in [-0.05, 0) is 13.0 Å². The summed E-state index contributed by atoms with van der Waals surface area (Å²) in [5.41, 5.74) is 3.17. The number of aromatic amines is 1. The molecule has 1 N–H and O–H groups in total. The van der Waals surface area contributed by atoms with Crippen molar-refractivity contribution in [1.29, 1.82) is 0 Å². The Bertz CT molecular complexity index is 1360. The van der Waals surface area contributed by atoms with E-state index in [1.54, 1.807) is 17.2 Å². The summed E-state index contributed by atoms with van der Waals surface area (Å²) >= 11 is 0. The molecule has 1 aliphatic heterocycles. The van der Waals surface area contributed by atoms with Crippen molar-refractivity contribution < 1.29 is 9.59 Å². The summed E-state index contributed by atoms with van der Waals surface area (Å²) in [4.78, 5) is 44.2. The number of aryl methyl sites for hydroxylation is 1. The molecular weight excluding hydrogens is 384 g/mol. The van der Waals surface area contributed by atoms with E-state index in [1.807, 2.05) is 31.2 Å². The Morgan fingerprint density at radius 1 is 1.13 bits per heavy atom. The standard InChI is InChI=1S/C21H20N6O3/c1-13-14-4-2-3-5-17(14)26(24-13)20(29)7-6-19(28)25-11-9-16-15(12-25)21(30)27-18(23-16)8-10-22-27/h2-5,8,10,22H,6-7,9,11-12H2,1H3. The number of aromatic nitrogens is 5. The van der Waals surface area contributed by atoms with Gasteiger partial charge in [-0.1, -0.05) is 18.2 Å². The lowest BCUT2D eigenvalue weighted by molar-refractivity contribution is -0.132. The minimum Gasteiger partial charge on any atom is -0.338 e. The molecule has 152 valence electrons. The summed E-state index contributed by atoms with van der Waals surface area (Å²) in [6.45, 7) is 2.55. The second-order valence-electron chi connectivity index (χ2n) is 7.47. The summed E-state index contributed by atoms with van der Waals surface area (Å²) in [6, 6.07) is 9.27. The zero-order chi connectivity index (χ0) is 20.8. The number of H-pyrrole nitrogens is 1. The predicted molar refractivity (Wildman–Crippen MR) is 109 cm³/mol. The van der Waals surface area contributed by atoms with Crippen LogP contribution >= 0.6 is 0 Å². The molecule has 5 rings (SSSR count). The van der Waals surface area contributed by atoms with Gasteiger partial charge in [0.05, 0.1) is 29.0 Å². The average molecular weight is 404 g/mol. The van der Waals surface area contributed by atoms with Crippen LogP contribution < -0.4 is 5.56 Å². The molecule has 0 aliphatic carbocycles. The van der Waals surface area contributed by atoms with Crippen molar-refractivity contribution >= 4 is 28.4 Å². The summed E-state index contributed by atoms with van der Waals surface area (Å²) < 4.78 is 2.75. The maximum Gasteiger partial charge on any atom is 0.277 e. The van der Waals surface area contributed by atoms with E-state index in [2.05, 4.69) is 15.2 Å². The van der Waals surface area contributed by atoms with Crippen LogP contribution in [0.2, 0.25) is 0 Å². The lowest BCUT2D eigenvalue weighted by atomic mass is 10.1. The second kappa shape index (κ2) is 6.94. The first-order valence-corrected chi connectivity index (χ1v) is 9.86. The highest BCUT2D eigenvalue weighted by molar-refractivity contribution is 5.93. The number of rotatable bonds is 3. The molecule has 0 bridgehead atoms. The van der Waals surface area contributed by atoms with Crippen LogP contribution in [0.4, 0.5) is 0 Å². The summed E-state index contributed by atoms with van der Waals surface area (Å²) in [6.07, 6.45) is 2.31. The van der Waals surface area contributed by atoms with Gasteiger partial charge in [0, 0.05) is 43.5 Å². The Morgan fingerprint density at radius 2 is 1.93 bits per heavy atom. The number of para-hydroxylation sites is 1. The van der Waals surface area contributed by atoms with E-state index in [-0.39, 0.29) is 36.8 Å². The molecule has 0 fully saturated rings. The molecule has 0 radical (unpaired) electrons. The second-order valence-corrected chi connectivity index (χ2v) is 7.47. The van der Waals surface area contributed by atoms with Crippen LogP contribution in [-0.2, 0) is 17.8 Å². The van der Waals surface area contributed by atoms with Crippen molar-refractivity contribution in [3.63, 3.8) is 0 Å². The number of benzene rings is 1. The largest absolute Gasteiger partial charge is 0.338 e. The number of carbonyl (C=O) groups excluding carboxylic acids is 2. The SMILES string of the molecule is Cc1nn(C(=O)CCC(=O)N2CCc3nc4cc[nH]n4c(=O)c3C2)c2ccccc12. The first kappa shape index (κ1) is 18.3. The van der Waals surface area contributed by atoms with Crippen molar-refractivity contribution in [2.45, 2.75) is 32.7 Å². The van der Waals surface area contributed by atoms with Crippen LogP contribution in [0, 0.1) is 6.92 Å². The normalized spacial score (nSPS) is 13.7. The van der Waals surface area contributed by atoms with E-state index >= 15 is 0 Å². The van der Waals surface area contributed by atoms with Crippen LogP contribution in [0.25, 0.3) is 16.6 Å². The van der Waals surface area contributed by atoms with Crippen LogP contribution in [-0.4, -0.2) is 47.6 Å². The van der Waals surface area contributed by atoms with Crippen LogP contribution in [0.1, 0.15) is 34.6 Å². The zero-order valence-electron chi connectivity index (χ0n) is 16.5. The third-order valence-corrected chi connectivity index (χ3v) is 5.61. The maximum atomic E-state index is 12.7. The third-order valence-electron chi connectivity index (χ3n) is 5.61. The van der Waals surface area contributed by atoms with Crippen molar-refractivity contribution in [3.05, 3.63) is 63.8 Å². The van der Waals surface area contributed by atoms with E-state index in [0.29, 0.717) is 24.2 Å². The van der Waals surface area contributed by atoms with Crippen molar-refractivity contribution in [3.8, 4) is 0 Å². The topological polar surface area (TPSA) is 105 Å². The molecule has 0 saturated carbocycles. The summed E-state index contributed by atoms with van der Waals surface area (Å²) in [5.74, 6) is -0.377. The Hall–Kier alpha value is -3.75. The highest BCUT2D eigenvalue weighted by atomic mass is 16.2. The van der Waals surface area contributed by atoms with E-state index in [4.69, 9.17) is 0 Å². The number of hydrogen-bond donors (Lipinski definition) is 1. The van der Waals surface area contributed by atoms with Gasteiger partial charge in [-0.3, -0.25) is 19.5 Å². The fraction of sp³-hybridized carbons (Fsp3) is 0.286. The van der Waals surface area contributed by atoms with Gasteiger partial charge in [0.15, 0.2) is 5.65 Å². The van der Waals surface area contributed by atoms with Crippen LogP contribution in [0.5, 0.6) is 0 Å². The summed E-state index contributed by atoms with van der Waals surface area (Å²) in [7, 11) is 0. The summed E-state index contributed by atoms with van der Waals surface area (Å²) in [5, 5.41) is 8.10. The van der Waals surface area contributed by atoms with Gasteiger partial charge in [-0.15, -0.1) is 0 Å². The number of carbonyl (C=O) groups is 2. The van der Waals surface area contributed by atoms with Crippen molar-refractivity contribution in [1.82, 2.24) is 29.3 Å². The molecule has 0 unspecified atom stereocenters. The molecule has 3 aromatic heterocycles. The van der Waals surface area contributed by atoms with Gasteiger partial charge in [-0.25, -0.2) is 9.50 Å². The number of fused-ring (bicyclic) bond motifs is 3. The first-order chi connectivity index (χ1) is 14.5. The molecular formula is C21H20N6O3. The fourth-order valence-corrected chi connectivity index (χ4v) is 4.02. The van der Waals surface area contributed by atoms with E-state index in [1.165, 1.54) is 9.20 Å². The molecule has 9 heteroatoms. The minimum absolute atomic E-state index is 0.0558. The fourth-order valence-electron chi connectivity index (χ4n) is 4.02. The quantitative estimate of drug-likeness (QED) is 0.559. The Kier molecular flexibility index (Phi) is 4.23. The number of amides is 1. The van der Waals surface area contributed by atoms with Crippen LogP contribution in [0.3, 0.4) is 0 Å². The van der Waals surface area contributed by atoms with Crippen LogP contribution in [0.15, 0.2) is 41.3 Å². The number of nitrogens with zero attached hydrogens (tertiary/aromatic N) is 5. The molecule has 30 heavy (non-hydrogen) atoms. The highest BCUT2D eigenvalue weighted by Gasteiger charge is 2.26. The lowest BCUT2D eigenvalue weighted by Crippen LogP contribution is -2.40. The Labute approximate surface area is 170 Å². The van der Waals surface area contributed by atoms with Gasteiger partial charge < -0.3 is 4.90 Å². The molecule has 9 nitrogen and oxygen atoms in total. The molecule has 0 saturated heterocycles. The Balaban J connectivity index is 1.30. The van der Waals surface area contributed by atoms with Crippen molar-refractivity contribution in [2.75, 3.05) is 6.54 Å². The molecule has 0 atom stereocenters. The van der Waals surface area contributed by atoms with Gasteiger partial charge in [-0.2, -0.15) is 9.78 Å².